The van der Waals surface area contributed by atoms with Crippen LogP contribution in [-0.2, 0) is 12.8 Å². The van der Waals surface area contributed by atoms with E-state index in [1.54, 1.807) is 0 Å². The minimum Gasteiger partial charge on any atom is -0.670 e. The molecule has 0 bridgehead atoms. The average molecular weight is 145 g/mol. The Bertz CT molecular complexity index is 163. The zero-order valence-corrected chi connectivity index (χ0v) is 9.02. The molecular weight excluding hydrogens is 133 g/mol. The molecule has 0 saturated heterocycles. The monoisotopic (exact) mass is 145 g/mol. The molecule has 0 fully saturated rings. The fourth-order valence-electron chi connectivity index (χ4n) is 1.02. The van der Waals surface area contributed by atoms with E-state index < -0.39 is 0 Å². The average Bonchev–Trinajstić information content (AvgIpc) is 2.33. The Morgan fingerprint density at radius 3 is 1.80 bits per heavy atom. The molecule has 1 aromatic heterocycles. The van der Waals surface area contributed by atoms with Crippen LogP contribution in [0.3, 0.4) is 0 Å². The van der Waals surface area contributed by atoms with E-state index >= 15 is 0 Å². The van der Waals surface area contributed by atoms with Crippen LogP contribution in [0.15, 0.2) is 12.4 Å². The molecule has 0 atom stereocenters. The van der Waals surface area contributed by atoms with Crippen LogP contribution in [0.1, 0.15) is 25.0 Å². The first-order valence-electron chi connectivity index (χ1n) is 3.47. The first-order chi connectivity index (χ1) is 4.38. The van der Waals surface area contributed by atoms with Crippen molar-refractivity contribution in [2.45, 2.75) is 26.7 Å². The van der Waals surface area contributed by atoms with Crippen LogP contribution in [-0.4, -0.2) is 0 Å². The van der Waals surface area contributed by atoms with Crippen molar-refractivity contribution < 1.29 is 29.6 Å². The number of aryl methyl sites for hydroxylation is 2. The Morgan fingerprint density at radius 1 is 1.10 bits per heavy atom. The van der Waals surface area contributed by atoms with Gasteiger partial charge in [0.2, 0.25) is 0 Å². The summed E-state index contributed by atoms with van der Waals surface area (Å²) >= 11 is 0. The molecule has 2 heteroatoms. The third-order valence-electron chi connectivity index (χ3n) is 1.64. The van der Waals surface area contributed by atoms with E-state index in [2.05, 4.69) is 18.8 Å². The number of rotatable bonds is 2. The summed E-state index contributed by atoms with van der Waals surface area (Å²) in [6, 6.07) is 0. The zero-order valence-electron chi connectivity index (χ0n) is 7.02. The SMILES string of the molecule is CCc1c[n-]cc1CC.[Na+]. The second kappa shape index (κ2) is 5.00. The van der Waals surface area contributed by atoms with Gasteiger partial charge in [-0.25, -0.2) is 0 Å². The van der Waals surface area contributed by atoms with Crippen LogP contribution in [0.2, 0.25) is 0 Å². The second-order valence-corrected chi connectivity index (χ2v) is 2.16. The molecule has 0 amide bonds. The van der Waals surface area contributed by atoms with Crippen molar-refractivity contribution in [1.29, 1.82) is 0 Å². The van der Waals surface area contributed by atoms with Crippen LogP contribution < -0.4 is 34.5 Å². The van der Waals surface area contributed by atoms with E-state index in [1.807, 2.05) is 12.4 Å². The fourth-order valence-corrected chi connectivity index (χ4v) is 1.02. The van der Waals surface area contributed by atoms with E-state index in [0.29, 0.717) is 0 Å². The Labute approximate surface area is 84.5 Å². The van der Waals surface area contributed by atoms with Gasteiger partial charge < -0.3 is 4.98 Å². The minimum atomic E-state index is 0. The van der Waals surface area contributed by atoms with Crippen LogP contribution >= 0.6 is 0 Å². The van der Waals surface area contributed by atoms with Crippen LogP contribution in [0, 0.1) is 0 Å². The van der Waals surface area contributed by atoms with Crippen molar-refractivity contribution >= 4 is 0 Å². The van der Waals surface area contributed by atoms with Gasteiger partial charge in [0.25, 0.3) is 0 Å². The van der Waals surface area contributed by atoms with Gasteiger partial charge in [-0.15, -0.1) is 0 Å². The van der Waals surface area contributed by atoms with E-state index in [4.69, 9.17) is 0 Å². The molecule has 0 saturated carbocycles. The predicted molar refractivity (Wildman–Crippen MR) is 38.5 cm³/mol. The maximum atomic E-state index is 4.06. The minimum absolute atomic E-state index is 0. The Hall–Kier alpha value is 0.280. The maximum Gasteiger partial charge on any atom is 1.00 e. The van der Waals surface area contributed by atoms with Crippen molar-refractivity contribution in [3.05, 3.63) is 23.5 Å². The predicted octanol–water partition coefficient (Wildman–Crippen LogP) is -1.23. The molecule has 1 aromatic rings. The van der Waals surface area contributed by atoms with E-state index in [9.17, 15) is 0 Å². The third kappa shape index (κ3) is 2.15. The maximum absolute atomic E-state index is 4.06. The first kappa shape index (κ1) is 10.3. The van der Waals surface area contributed by atoms with Gasteiger partial charge in [-0.05, 0) is 12.8 Å². The largest absolute Gasteiger partial charge is 1.00 e. The summed E-state index contributed by atoms with van der Waals surface area (Å²) in [6.45, 7) is 4.33. The third-order valence-corrected chi connectivity index (χ3v) is 1.64. The molecule has 1 rings (SSSR count). The summed E-state index contributed by atoms with van der Waals surface area (Å²) in [5.41, 5.74) is 2.80. The number of hydrogen-bond donors (Lipinski definition) is 0. The second-order valence-electron chi connectivity index (χ2n) is 2.16. The van der Waals surface area contributed by atoms with Gasteiger partial charge in [0.05, 0.1) is 0 Å². The van der Waals surface area contributed by atoms with Gasteiger partial charge >= 0.3 is 29.6 Å². The van der Waals surface area contributed by atoms with Crippen molar-refractivity contribution in [3.8, 4) is 0 Å². The smallest absolute Gasteiger partial charge is 0.670 e. The summed E-state index contributed by atoms with van der Waals surface area (Å²) < 4.78 is 0. The standard InChI is InChI=1S/C8H12N.Na/c1-3-7-5-9-6-8(7)4-2;/h5-6H,3-4H2,1-2H3;/q-1;+1. The van der Waals surface area contributed by atoms with Crippen LogP contribution in [0.5, 0.6) is 0 Å². The summed E-state index contributed by atoms with van der Waals surface area (Å²) in [4.78, 5) is 4.06. The summed E-state index contributed by atoms with van der Waals surface area (Å²) in [5, 5.41) is 0. The fraction of sp³-hybridized carbons (Fsp3) is 0.500. The first-order valence-corrected chi connectivity index (χ1v) is 3.47. The zero-order chi connectivity index (χ0) is 6.69. The molecule has 0 aliphatic heterocycles. The Balaban J connectivity index is 0.000000810. The van der Waals surface area contributed by atoms with Crippen molar-refractivity contribution in [2.24, 2.45) is 0 Å². The van der Waals surface area contributed by atoms with Gasteiger partial charge in [0, 0.05) is 0 Å². The summed E-state index contributed by atoms with van der Waals surface area (Å²) in [7, 11) is 0. The molecule has 0 N–H and O–H groups in total. The Morgan fingerprint density at radius 2 is 1.50 bits per heavy atom. The normalized spacial score (nSPS) is 9.00. The molecule has 0 spiro atoms. The Kier molecular flexibility index (Phi) is 5.14. The van der Waals surface area contributed by atoms with Gasteiger partial charge in [-0.2, -0.15) is 12.4 Å². The molecular formula is C8H12NNa. The number of aromatic nitrogens is 1. The summed E-state index contributed by atoms with van der Waals surface area (Å²) in [5.74, 6) is 0. The van der Waals surface area contributed by atoms with Crippen LogP contribution in [0.4, 0.5) is 0 Å². The van der Waals surface area contributed by atoms with Crippen molar-refractivity contribution in [2.75, 3.05) is 0 Å². The molecule has 0 aromatic carbocycles. The molecule has 1 nitrogen and oxygen atoms in total. The van der Waals surface area contributed by atoms with Crippen molar-refractivity contribution in [1.82, 2.24) is 4.98 Å². The van der Waals surface area contributed by atoms with E-state index in [1.165, 1.54) is 11.1 Å². The molecule has 0 aliphatic rings. The number of nitrogens with zero attached hydrogens (tertiary/aromatic N) is 1. The van der Waals surface area contributed by atoms with Gasteiger partial charge in [-0.1, -0.05) is 25.0 Å². The molecule has 0 aliphatic carbocycles. The molecule has 0 radical (unpaired) electrons. The van der Waals surface area contributed by atoms with Gasteiger partial charge in [0.15, 0.2) is 0 Å². The van der Waals surface area contributed by atoms with E-state index in [-0.39, 0.29) is 29.6 Å². The van der Waals surface area contributed by atoms with E-state index in [0.717, 1.165) is 12.8 Å². The van der Waals surface area contributed by atoms with Gasteiger partial charge in [-0.3, -0.25) is 0 Å². The quantitative estimate of drug-likeness (QED) is 0.475. The molecule has 0 unspecified atom stereocenters. The summed E-state index contributed by atoms with van der Waals surface area (Å²) in [6.07, 6.45) is 6.14. The number of hydrogen-bond acceptors (Lipinski definition) is 0. The molecule has 50 valence electrons. The molecule has 10 heavy (non-hydrogen) atoms. The van der Waals surface area contributed by atoms with Crippen molar-refractivity contribution in [3.63, 3.8) is 0 Å². The topological polar surface area (TPSA) is 14.1 Å². The van der Waals surface area contributed by atoms with Gasteiger partial charge in [0.1, 0.15) is 0 Å². The molecule has 1 heterocycles. The van der Waals surface area contributed by atoms with Crippen LogP contribution in [0.25, 0.3) is 0 Å².